The van der Waals surface area contributed by atoms with E-state index in [1.54, 1.807) is 6.07 Å². The van der Waals surface area contributed by atoms with Crippen LogP contribution in [-0.4, -0.2) is 47.7 Å². The number of ketones is 1. The number of ether oxygens (including phenoxy) is 1. The van der Waals surface area contributed by atoms with Crippen LogP contribution >= 0.6 is 0 Å². The summed E-state index contributed by atoms with van der Waals surface area (Å²) in [4.78, 5) is 39.5. The molecule has 2 aliphatic carbocycles. The van der Waals surface area contributed by atoms with E-state index < -0.39 is 5.60 Å². The summed E-state index contributed by atoms with van der Waals surface area (Å²) < 4.78 is 6.33. The fraction of sp³-hybridized carbons (Fsp3) is 0.591. The number of rotatable bonds is 3. The number of amides is 2. The molecular weight excluding hydrogens is 356 g/mol. The summed E-state index contributed by atoms with van der Waals surface area (Å²) in [7, 11) is 0. The Morgan fingerprint density at radius 3 is 2.79 bits per heavy atom. The predicted molar refractivity (Wildman–Crippen MR) is 102 cm³/mol. The number of hydrogen-bond acceptors (Lipinski definition) is 4. The van der Waals surface area contributed by atoms with Crippen molar-refractivity contribution in [1.29, 1.82) is 0 Å². The Labute approximate surface area is 164 Å². The maximum absolute atomic E-state index is 12.7. The van der Waals surface area contributed by atoms with E-state index in [0.29, 0.717) is 17.7 Å². The van der Waals surface area contributed by atoms with Crippen LogP contribution in [0.4, 0.5) is 0 Å². The van der Waals surface area contributed by atoms with Crippen LogP contribution in [0.2, 0.25) is 0 Å². The molecule has 2 heterocycles. The van der Waals surface area contributed by atoms with Gasteiger partial charge < -0.3 is 15.0 Å². The number of Topliss-reactive ketones (excluding diaryl/α,β-unsaturated/α-hetero) is 1. The van der Waals surface area contributed by atoms with Crippen molar-refractivity contribution in [2.24, 2.45) is 17.8 Å². The standard InChI is InChI=1S/C22H26N2O4/c25-16-12-22(28-17-7-3-2-6-14(16)17)9-8-15-19(20(15)22)21(27)23-13-18(26)24-10-4-1-5-11-24/h2-3,6-7,15,19-20H,1,4-5,8-13H2,(H,23,27). The van der Waals surface area contributed by atoms with Gasteiger partial charge in [-0.2, -0.15) is 0 Å². The Hall–Kier alpha value is -2.37. The lowest BCUT2D eigenvalue weighted by Gasteiger charge is -2.37. The summed E-state index contributed by atoms with van der Waals surface area (Å²) >= 11 is 0. The molecule has 3 fully saturated rings. The molecule has 4 aliphatic rings. The number of carbonyl (C=O) groups is 3. The minimum absolute atomic E-state index is 0.00611. The Morgan fingerprint density at radius 2 is 1.96 bits per heavy atom. The molecule has 4 unspecified atom stereocenters. The molecule has 6 nitrogen and oxygen atoms in total. The molecule has 1 aromatic carbocycles. The Kier molecular flexibility index (Phi) is 4.18. The highest BCUT2D eigenvalue weighted by Crippen LogP contribution is 2.65. The SMILES string of the molecule is O=C1CC2(CCC3C(C(=O)NCC(=O)N4CCCCC4)C32)Oc2ccccc21. The number of fused-ring (bicyclic) bond motifs is 3. The lowest BCUT2D eigenvalue weighted by molar-refractivity contribution is -0.134. The maximum atomic E-state index is 12.7. The van der Waals surface area contributed by atoms with Gasteiger partial charge in [0, 0.05) is 24.9 Å². The van der Waals surface area contributed by atoms with Crippen molar-refractivity contribution >= 4 is 17.6 Å². The van der Waals surface area contributed by atoms with Crippen molar-refractivity contribution in [3.63, 3.8) is 0 Å². The molecule has 2 saturated carbocycles. The van der Waals surface area contributed by atoms with Crippen LogP contribution in [0.5, 0.6) is 5.75 Å². The summed E-state index contributed by atoms with van der Waals surface area (Å²) in [6.45, 7) is 1.66. The first-order valence-electron chi connectivity index (χ1n) is 10.5. The molecule has 1 spiro atoms. The lowest BCUT2D eigenvalue weighted by atomic mass is 9.84. The van der Waals surface area contributed by atoms with Crippen molar-refractivity contribution < 1.29 is 19.1 Å². The summed E-state index contributed by atoms with van der Waals surface area (Å²) in [6.07, 6.45) is 5.33. The van der Waals surface area contributed by atoms with Gasteiger partial charge in [-0.25, -0.2) is 0 Å². The first-order chi connectivity index (χ1) is 13.6. The van der Waals surface area contributed by atoms with Gasteiger partial charge in [-0.3, -0.25) is 14.4 Å². The number of benzene rings is 1. The predicted octanol–water partition coefficient (Wildman–Crippen LogP) is 2.18. The zero-order chi connectivity index (χ0) is 19.3. The highest BCUT2D eigenvalue weighted by Gasteiger charge is 2.70. The van der Waals surface area contributed by atoms with Gasteiger partial charge in [-0.1, -0.05) is 12.1 Å². The van der Waals surface area contributed by atoms with Crippen molar-refractivity contribution in [2.45, 2.75) is 44.1 Å². The van der Waals surface area contributed by atoms with Crippen molar-refractivity contribution in [2.75, 3.05) is 19.6 Å². The third kappa shape index (κ3) is 2.81. The molecule has 0 aromatic heterocycles. The molecule has 6 heteroatoms. The van der Waals surface area contributed by atoms with Gasteiger partial charge in [0.2, 0.25) is 11.8 Å². The molecule has 1 N–H and O–H groups in total. The van der Waals surface area contributed by atoms with Crippen LogP contribution in [0.15, 0.2) is 24.3 Å². The quantitative estimate of drug-likeness (QED) is 0.869. The van der Waals surface area contributed by atoms with Crippen LogP contribution in [-0.2, 0) is 9.59 Å². The molecule has 148 valence electrons. The first kappa shape index (κ1) is 17.7. The highest BCUT2D eigenvalue weighted by atomic mass is 16.5. The van der Waals surface area contributed by atoms with Gasteiger partial charge in [0.25, 0.3) is 0 Å². The average Bonchev–Trinajstić information content (AvgIpc) is 3.37. The third-order valence-corrected chi connectivity index (χ3v) is 7.06. The second kappa shape index (κ2) is 6.61. The van der Waals surface area contributed by atoms with E-state index in [-0.39, 0.29) is 41.9 Å². The van der Waals surface area contributed by atoms with E-state index in [4.69, 9.17) is 4.74 Å². The molecule has 28 heavy (non-hydrogen) atoms. The van der Waals surface area contributed by atoms with Gasteiger partial charge in [-0.05, 0) is 50.2 Å². The van der Waals surface area contributed by atoms with Gasteiger partial charge in [0.15, 0.2) is 5.78 Å². The van der Waals surface area contributed by atoms with Crippen molar-refractivity contribution in [3.05, 3.63) is 29.8 Å². The van der Waals surface area contributed by atoms with Crippen LogP contribution in [0.25, 0.3) is 0 Å². The van der Waals surface area contributed by atoms with Crippen LogP contribution < -0.4 is 10.1 Å². The number of piperidine rings is 1. The van der Waals surface area contributed by atoms with Crippen molar-refractivity contribution in [1.82, 2.24) is 10.2 Å². The molecule has 1 saturated heterocycles. The zero-order valence-corrected chi connectivity index (χ0v) is 16.0. The summed E-state index contributed by atoms with van der Waals surface area (Å²) in [5, 5.41) is 2.85. The monoisotopic (exact) mass is 382 g/mol. The van der Waals surface area contributed by atoms with Gasteiger partial charge in [0.05, 0.1) is 18.5 Å². The third-order valence-electron chi connectivity index (χ3n) is 7.06. The molecule has 0 radical (unpaired) electrons. The molecule has 5 rings (SSSR count). The van der Waals surface area contributed by atoms with E-state index >= 15 is 0 Å². The maximum Gasteiger partial charge on any atom is 0.241 e. The Balaban J connectivity index is 1.23. The summed E-state index contributed by atoms with van der Waals surface area (Å²) in [5.74, 6) is 0.902. The molecule has 4 atom stereocenters. The zero-order valence-electron chi connectivity index (χ0n) is 16.0. The number of carbonyl (C=O) groups excluding carboxylic acids is 3. The van der Waals surface area contributed by atoms with E-state index in [0.717, 1.165) is 38.8 Å². The molecule has 2 aliphatic heterocycles. The topological polar surface area (TPSA) is 75.7 Å². The van der Waals surface area contributed by atoms with Crippen molar-refractivity contribution in [3.8, 4) is 5.75 Å². The molecule has 0 bridgehead atoms. The normalized spacial score (nSPS) is 33.1. The van der Waals surface area contributed by atoms with E-state index in [1.807, 2.05) is 23.1 Å². The van der Waals surface area contributed by atoms with Crippen LogP contribution in [0.3, 0.4) is 0 Å². The van der Waals surface area contributed by atoms with Gasteiger partial charge >= 0.3 is 0 Å². The van der Waals surface area contributed by atoms with E-state index in [2.05, 4.69) is 5.32 Å². The molecular formula is C22H26N2O4. The van der Waals surface area contributed by atoms with Gasteiger partial charge in [0.1, 0.15) is 11.4 Å². The second-order valence-corrected chi connectivity index (χ2v) is 8.68. The Morgan fingerprint density at radius 1 is 1.18 bits per heavy atom. The minimum Gasteiger partial charge on any atom is -0.486 e. The fourth-order valence-electron chi connectivity index (χ4n) is 5.65. The fourth-order valence-corrected chi connectivity index (χ4v) is 5.65. The number of nitrogens with zero attached hydrogens (tertiary/aromatic N) is 1. The van der Waals surface area contributed by atoms with Crippen LogP contribution in [0, 0.1) is 17.8 Å². The van der Waals surface area contributed by atoms with Gasteiger partial charge in [-0.15, -0.1) is 0 Å². The number of hydrogen-bond donors (Lipinski definition) is 1. The second-order valence-electron chi connectivity index (χ2n) is 8.68. The number of nitrogens with one attached hydrogen (secondary N) is 1. The smallest absolute Gasteiger partial charge is 0.241 e. The number of likely N-dealkylation sites (tertiary alicyclic amines) is 1. The summed E-state index contributed by atoms with van der Waals surface area (Å²) in [6, 6.07) is 7.37. The van der Waals surface area contributed by atoms with Crippen LogP contribution in [0.1, 0.15) is 48.9 Å². The largest absolute Gasteiger partial charge is 0.486 e. The first-order valence-corrected chi connectivity index (χ1v) is 10.5. The van der Waals surface area contributed by atoms with E-state index in [1.165, 1.54) is 6.42 Å². The Bertz CT molecular complexity index is 832. The minimum atomic E-state index is -0.547. The molecule has 1 aromatic rings. The summed E-state index contributed by atoms with van der Waals surface area (Å²) in [5.41, 5.74) is 0.0972. The highest BCUT2D eigenvalue weighted by molar-refractivity contribution is 6.00. The average molecular weight is 382 g/mol. The lowest BCUT2D eigenvalue weighted by Crippen LogP contribution is -2.46. The van der Waals surface area contributed by atoms with E-state index in [9.17, 15) is 14.4 Å². The molecule has 2 amide bonds. The number of para-hydroxylation sites is 1.